The molecular formula is C24H21N3O2. The van der Waals surface area contributed by atoms with Crippen LogP contribution in [-0.4, -0.2) is 34.9 Å². The van der Waals surface area contributed by atoms with Crippen LogP contribution in [-0.2, 0) is 6.54 Å². The largest absolute Gasteiger partial charge is 0.497 e. The predicted octanol–water partition coefficient (Wildman–Crippen LogP) is 4.58. The van der Waals surface area contributed by atoms with E-state index in [1.807, 2.05) is 72.8 Å². The molecule has 2 heterocycles. The number of para-hydroxylation sites is 1. The number of rotatable bonds is 5. The standard InChI is InChI=1S/C24H21N3O2/c1-27(16-18-7-5-6-14-25-18)24(28)21-15-23(17-10-12-19(29-2)13-11-17)26-22-9-4-3-8-20(21)22/h3-15H,16H2,1-2H3. The van der Waals surface area contributed by atoms with Crippen LogP contribution in [0.1, 0.15) is 16.1 Å². The topological polar surface area (TPSA) is 55.3 Å². The second kappa shape index (κ2) is 8.10. The van der Waals surface area contributed by atoms with Gasteiger partial charge in [-0.2, -0.15) is 0 Å². The highest BCUT2D eigenvalue weighted by Crippen LogP contribution is 2.27. The Morgan fingerprint density at radius 3 is 2.48 bits per heavy atom. The van der Waals surface area contributed by atoms with Crippen LogP contribution in [0, 0.1) is 0 Å². The van der Waals surface area contributed by atoms with Gasteiger partial charge in [-0.3, -0.25) is 9.78 Å². The molecule has 1 amide bonds. The number of ether oxygens (including phenoxy) is 1. The van der Waals surface area contributed by atoms with E-state index in [0.717, 1.165) is 33.6 Å². The fraction of sp³-hybridized carbons (Fsp3) is 0.125. The third-order valence-corrected chi connectivity index (χ3v) is 4.80. The molecule has 5 nitrogen and oxygen atoms in total. The third-order valence-electron chi connectivity index (χ3n) is 4.80. The molecule has 0 aliphatic carbocycles. The van der Waals surface area contributed by atoms with E-state index >= 15 is 0 Å². The SMILES string of the molecule is COc1ccc(-c2cc(C(=O)N(C)Cc3ccccn3)c3ccccc3n2)cc1. The molecule has 2 aromatic heterocycles. The van der Waals surface area contributed by atoms with Crippen molar-refractivity contribution in [3.8, 4) is 17.0 Å². The normalized spacial score (nSPS) is 10.7. The van der Waals surface area contributed by atoms with E-state index in [0.29, 0.717) is 12.1 Å². The minimum absolute atomic E-state index is 0.0657. The molecule has 0 bridgehead atoms. The van der Waals surface area contributed by atoms with Crippen LogP contribution in [0.5, 0.6) is 5.75 Å². The van der Waals surface area contributed by atoms with Gasteiger partial charge in [0.1, 0.15) is 5.75 Å². The van der Waals surface area contributed by atoms with Gasteiger partial charge in [0.2, 0.25) is 0 Å². The Kier molecular flexibility index (Phi) is 5.20. The monoisotopic (exact) mass is 383 g/mol. The summed E-state index contributed by atoms with van der Waals surface area (Å²) < 4.78 is 5.24. The van der Waals surface area contributed by atoms with Crippen LogP contribution < -0.4 is 4.74 Å². The molecule has 2 aromatic carbocycles. The summed E-state index contributed by atoms with van der Waals surface area (Å²) >= 11 is 0. The molecule has 4 aromatic rings. The Morgan fingerprint density at radius 2 is 1.76 bits per heavy atom. The van der Waals surface area contributed by atoms with E-state index in [2.05, 4.69) is 4.98 Å². The maximum atomic E-state index is 13.3. The van der Waals surface area contributed by atoms with Crippen LogP contribution in [0.15, 0.2) is 79.0 Å². The van der Waals surface area contributed by atoms with Gasteiger partial charge in [-0.1, -0.05) is 24.3 Å². The summed E-state index contributed by atoms with van der Waals surface area (Å²) in [6, 6.07) is 22.9. The van der Waals surface area contributed by atoms with Crippen LogP contribution in [0.4, 0.5) is 0 Å². The van der Waals surface area contributed by atoms with Gasteiger partial charge in [0, 0.05) is 24.2 Å². The Morgan fingerprint density at radius 1 is 1.00 bits per heavy atom. The number of carbonyl (C=O) groups is 1. The number of carbonyl (C=O) groups excluding carboxylic acids is 1. The summed E-state index contributed by atoms with van der Waals surface area (Å²) in [5.41, 5.74) is 3.94. The van der Waals surface area contributed by atoms with E-state index < -0.39 is 0 Å². The first kappa shape index (κ1) is 18.6. The first-order valence-electron chi connectivity index (χ1n) is 9.35. The van der Waals surface area contributed by atoms with Crippen molar-refractivity contribution in [2.45, 2.75) is 6.54 Å². The highest BCUT2D eigenvalue weighted by molar-refractivity contribution is 6.07. The van der Waals surface area contributed by atoms with Gasteiger partial charge in [0.25, 0.3) is 5.91 Å². The van der Waals surface area contributed by atoms with Gasteiger partial charge in [-0.15, -0.1) is 0 Å². The molecule has 0 spiro atoms. The van der Waals surface area contributed by atoms with Crippen molar-refractivity contribution in [2.75, 3.05) is 14.2 Å². The lowest BCUT2D eigenvalue weighted by molar-refractivity contribution is 0.0785. The van der Waals surface area contributed by atoms with Crippen LogP contribution >= 0.6 is 0 Å². The van der Waals surface area contributed by atoms with Crippen molar-refractivity contribution in [3.05, 3.63) is 90.3 Å². The number of nitrogens with zero attached hydrogens (tertiary/aromatic N) is 3. The third kappa shape index (κ3) is 3.94. The zero-order chi connectivity index (χ0) is 20.2. The van der Waals surface area contributed by atoms with E-state index in [9.17, 15) is 4.79 Å². The van der Waals surface area contributed by atoms with Gasteiger partial charge in [0.15, 0.2) is 0 Å². The molecule has 4 rings (SSSR count). The quantitative estimate of drug-likeness (QED) is 0.506. The number of fused-ring (bicyclic) bond motifs is 1. The fourth-order valence-corrected chi connectivity index (χ4v) is 3.27. The lowest BCUT2D eigenvalue weighted by Gasteiger charge is -2.18. The number of methoxy groups -OCH3 is 1. The zero-order valence-electron chi connectivity index (χ0n) is 16.4. The van der Waals surface area contributed by atoms with Crippen molar-refractivity contribution < 1.29 is 9.53 Å². The minimum Gasteiger partial charge on any atom is -0.497 e. The first-order valence-corrected chi connectivity index (χ1v) is 9.35. The van der Waals surface area contributed by atoms with Crippen molar-refractivity contribution in [1.82, 2.24) is 14.9 Å². The number of amides is 1. The van der Waals surface area contributed by atoms with Crippen molar-refractivity contribution in [3.63, 3.8) is 0 Å². The second-order valence-electron chi connectivity index (χ2n) is 6.78. The summed E-state index contributed by atoms with van der Waals surface area (Å²) in [5, 5.41) is 0.836. The molecule has 0 unspecified atom stereocenters. The van der Waals surface area contributed by atoms with Gasteiger partial charge in [-0.05, 0) is 48.5 Å². The fourth-order valence-electron chi connectivity index (χ4n) is 3.27. The van der Waals surface area contributed by atoms with Crippen molar-refractivity contribution >= 4 is 16.8 Å². The molecule has 5 heteroatoms. The van der Waals surface area contributed by atoms with E-state index in [1.165, 1.54) is 0 Å². The van der Waals surface area contributed by atoms with E-state index in [-0.39, 0.29) is 5.91 Å². The molecule has 0 saturated carbocycles. The molecule has 0 aliphatic heterocycles. The minimum atomic E-state index is -0.0657. The highest BCUT2D eigenvalue weighted by atomic mass is 16.5. The summed E-state index contributed by atoms with van der Waals surface area (Å²) in [5.74, 6) is 0.713. The van der Waals surface area contributed by atoms with Crippen molar-refractivity contribution in [2.24, 2.45) is 0 Å². The summed E-state index contributed by atoms with van der Waals surface area (Å²) in [6.07, 6.45) is 1.73. The van der Waals surface area contributed by atoms with Gasteiger partial charge < -0.3 is 9.64 Å². The Labute approximate surface area is 169 Å². The van der Waals surface area contributed by atoms with Crippen LogP contribution in [0.25, 0.3) is 22.2 Å². The number of hydrogen-bond acceptors (Lipinski definition) is 4. The summed E-state index contributed by atoms with van der Waals surface area (Å²) in [4.78, 5) is 24.1. The van der Waals surface area contributed by atoms with Gasteiger partial charge in [-0.25, -0.2) is 4.98 Å². The Bertz CT molecular complexity index is 1140. The average molecular weight is 383 g/mol. The number of pyridine rings is 2. The number of benzene rings is 2. The van der Waals surface area contributed by atoms with E-state index in [1.54, 1.807) is 25.3 Å². The van der Waals surface area contributed by atoms with Crippen LogP contribution in [0.3, 0.4) is 0 Å². The number of hydrogen-bond donors (Lipinski definition) is 0. The summed E-state index contributed by atoms with van der Waals surface area (Å²) in [7, 11) is 3.43. The maximum Gasteiger partial charge on any atom is 0.254 e. The van der Waals surface area contributed by atoms with E-state index in [4.69, 9.17) is 9.72 Å². The van der Waals surface area contributed by atoms with Gasteiger partial charge >= 0.3 is 0 Å². The molecule has 0 aliphatic rings. The molecule has 0 saturated heterocycles. The maximum absolute atomic E-state index is 13.3. The molecule has 0 atom stereocenters. The van der Waals surface area contributed by atoms with Gasteiger partial charge in [0.05, 0.1) is 36.1 Å². The molecule has 0 N–H and O–H groups in total. The Hall–Kier alpha value is -3.73. The number of aromatic nitrogens is 2. The first-order chi connectivity index (χ1) is 14.2. The highest BCUT2D eigenvalue weighted by Gasteiger charge is 2.18. The second-order valence-corrected chi connectivity index (χ2v) is 6.78. The predicted molar refractivity (Wildman–Crippen MR) is 114 cm³/mol. The van der Waals surface area contributed by atoms with Crippen molar-refractivity contribution in [1.29, 1.82) is 0 Å². The molecule has 29 heavy (non-hydrogen) atoms. The smallest absolute Gasteiger partial charge is 0.254 e. The lowest BCUT2D eigenvalue weighted by Crippen LogP contribution is -2.27. The molecular weight excluding hydrogens is 362 g/mol. The molecule has 0 fully saturated rings. The van der Waals surface area contributed by atoms with Crippen LogP contribution in [0.2, 0.25) is 0 Å². The molecule has 144 valence electrons. The zero-order valence-corrected chi connectivity index (χ0v) is 16.4. The molecule has 0 radical (unpaired) electrons. The Balaban J connectivity index is 1.74. The lowest BCUT2D eigenvalue weighted by atomic mass is 10.0. The summed E-state index contributed by atoms with van der Waals surface area (Å²) in [6.45, 7) is 0.439. The average Bonchev–Trinajstić information content (AvgIpc) is 2.78.